The van der Waals surface area contributed by atoms with E-state index in [9.17, 15) is 9.90 Å². The molecule has 1 aromatic heterocycles. The van der Waals surface area contributed by atoms with Gasteiger partial charge in [0.05, 0.1) is 11.1 Å². The largest absolute Gasteiger partial charge is 0.393 e. The number of aliphatic hydroxyl groups is 1. The van der Waals surface area contributed by atoms with Crippen molar-refractivity contribution in [2.24, 2.45) is 0 Å². The van der Waals surface area contributed by atoms with Gasteiger partial charge in [0.25, 0.3) is 5.91 Å². The predicted octanol–water partition coefficient (Wildman–Crippen LogP) is 2.53. The third-order valence-electron chi connectivity index (χ3n) is 3.75. The second-order valence-electron chi connectivity index (χ2n) is 4.82. The summed E-state index contributed by atoms with van der Waals surface area (Å²) in [6, 6.07) is 2.17. The van der Waals surface area contributed by atoms with Gasteiger partial charge in [-0.2, -0.15) is 0 Å². The van der Waals surface area contributed by atoms with Crippen molar-refractivity contribution in [1.29, 1.82) is 0 Å². The van der Waals surface area contributed by atoms with E-state index in [1.165, 1.54) is 11.3 Å². The first-order valence-corrected chi connectivity index (χ1v) is 7.16. The molecule has 0 aliphatic carbocycles. The molecule has 2 aliphatic heterocycles. The van der Waals surface area contributed by atoms with Gasteiger partial charge in [-0.15, -0.1) is 11.3 Å². The maximum absolute atomic E-state index is 12.4. The van der Waals surface area contributed by atoms with Crippen molar-refractivity contribution >= 4 is 28.8 Å². The van der Waals surface area contributed by atoms with Crippen LogP contribution in [0.5, 0.6) is 0 Å². The average Bonchev–Trinajstić information content (AvgIpc) is 2.81. The van der Waals surface area contributed by atoms with Crippen molar-refractivity contribution in [3.05, 3.63) is 21.3 Å². The molecule has 1 N–H and O–H groups in total. The van der Waals surface area contributed by atoms with Crippen LogP contribution in [0.1, 0.15) is 35.4 Å². The van der Waals surface area contributed by atoms with Crippen LogP contribution in [-0.4, -0.2) is 34.1 Å². The Hall–Kier alpha value is -0.580. The third kappa shape index (κ3) is 1.88. The van der Waals surface area contributed by atoms with Crippen LogP contribution in [0.15, 0.2) is 11.4 Å². The van der Waals surface area contributed by atoms with Crippen molar-refractivity contribution in [2.45, 2.75) is 43.9 Å². The monoisotopic (exact) mass is 271 g/mol. The molecule has 2 fully saturated rings. The first-order chi connectivity index (χ1) is 8.16. The third-order valence-corrected chi connectivity index (χ3v) is 5.08. The van der Waals surface area contributed by atoms with Crippen LogP contribution in [0.4, 0.5) is 0 Å². The Balaban J connectivity index is 1.86. The fraction of sp³-hybridized carbons (Fsp3) is 0.583. The number of halogens is 1. The molecule has 0 spiro atoms. The van der Waals surface area contributed by atoms with Crippen molar-refractivity contribution < 1.29 is 9.90 Å². The van der Waals surface area contributed by atoms with E-state index < -0.39 is 0 Å². The molecule has 2 atom stereocenters. The number of hydrogen-bond donors (Lipinski definition) is 1. The Bertz CT molecular complexity index is 433. The van der Waals surface area contributed by atoms with Crippen molar-refractivity contribution in [3.63, 3.8) is 0 Å². The first-order valence-electron chi connectivity index (χ1n) is 5.90. The van der Waals surface area contributed by atoms with Gasteiger partial charge in [-0.3, -0.25) is 4.79 Å². The van der Waals surface area contributed by atoms with Gasteiger partial charge in [0.15, 0.2) is 0 Å². The quantitative estimate of drug-likeness (QED) is 0.853. The molecule has 1 amide bonds. The summed E-state index contributed by atoms with van der Waals surface area (Å²) in [4.78, 5) is 15.0. The highest BCUT2D eigenvalue weighted by Gasteiger charge is 2.43. The van der Waals surface area contributed by atoms with Crippen LogP contribution in [0.2, 0.25) is 5.02 Å². The van der Waals surface area contributed by atoms with Crippen molar-refractivity contribution in [2.75, 3.05) is 0 Å². The lowest BCUT2D eigenvalue weighted by molar-refractivity contribution is 0.0290. The van der Waals surface area contributed by atoms with Gasteiger partial charge in [-0.1, -0.05) is 11.6 Å². The van der Waals surface area contributed by atoms with Crippen LogP contribution < -0.4 is 0 Å². The normalized spacial score (nSPS) is 31.9. The lowest BCUT2D eigenvalue weighted by Gasteiger charge is -2.37. The van der Waals surface area contributed by atoms with Gasteiger partial charge < -0.3 is 10.0 Å². The van der Waals surface area contributed by atoms with Crippen LogP contribution in [0.3, 0.4) is 0 Å². The summed E-state index contributed by atoms with van der Waals surface area (Å²) in [5, 5.41) is 12.1. The van der Waals surface area contributed by atoms with Crippen LogP contribution >= 0.6 is 22.9 Å². The minimum atomic E-state index is -0.240. The van der Waals surface area contributed by atoms with Crippen LogP contribution in [0, 0.1) is 0 Å². The molecule has 92 valence electrons. The second kappa shape index (κ2) is 4.26. The molecule has 2 unspecified atom stereocenters. The molecule has 2 aliphatic rings. The standard InChI is InChI=1S/C12H14ClNO2S/c13-10-3-4-17-11(10)12(16)14-7-1-2-8(14)6-9(15)5-7/h3-4,7-9,15H,1-2,5-6H2. The second-order valence-corrected chi connectivity index (χ2v) is 6.14. The number of amides is 1. The van der Waals surface area contributed by atoms with E-state index in [2.05, 4.69) is 0 Å². The van der Waals surface area contributed by atoms with E-state index in [0.717, 1.165) is 12.8 Å². The number of fused-ring (bicyclic) bond motifs is 2. The lowest BCUT2D eigenvalue weighted by Crippen LogP contribution is -2.47. The average molecular weight is 272 g/mol. The highest BCUT2D eigenvalue weighted by molar-refractivity contribution is 7.12. The number of piperidine rings is 1. The summed E-state index contributed by atoms with van der Waals surface area (Å²) in [5.41, 5.74) is 0. The summed E-state index contributed by atoms with van der Waals surface area (Å²) in [6.07, 6.45) is 3.21. The zero-order chi connectivity index (χ0) is 12.0. The summed E-state index contributed by atoms with van der Waals surface area (Å²) < 4.78 is 0. The fourth-order valence-electron chi connectivity index (χ4n) is 3.04. The van der Waals surface area contributed by atoms with E-state index in [-0.39, 0.29) is 24.1 Å². The Morgan fingerprint density at radius 1 is 1.41 bits per heavy atom. The topological polar surface area (TPSA) is 40.5 Å². The Labute approximate surface area is 109 Å². The number of aliphatic hydroxyl groups excluding tert-OH is 1. The summed E-state index contributed by atoms with van der Waals surface area (Å²) in [5.74, 6) is 0.0457. The highest BCUT2D eigenvalue weighted by atomic mass is 35.5. The van der Waals surface area contributed by atoms with E-state index >= 15 is 0 Å². The molecule has 3 rings (SSSR count). The van der Waals surface area contributed by atoms with Crippen LogP contribution in [-0.2, 0) is 0 Å². The highest BCUT2D eigenvalue weighted by Crippen LogP contribution is 2.38. The molecule has 2 bridgehead atoms. The number of rotatable bonds is 1. The molecule has 2 saturated heterocycles. The van der Waals surface area contributed by atoms with Gasteiger partial charge in [0, 0.05) is 12.1 Å². The summed E-state index contributed by atoms with van der Waals surface area (Å²) in [6.45, 7) is 0. The van der Waals surface area contributed by atoms with Gasteiger partial charge in [-0.05, 0) is 37.1 Å². The predicted molar refractivity (Wildman–Crippen MR) is 67.5 cm³/mol. The van der Waals surface area contributed by atoms with E-state index in [0.29, 0.717) is 22.7 Å². The van der Waals surface area contributed by atoms with Crippen molar-refractivity contribution in [1.82, 2.24) is 4.90 Å². The molecule has 0 saturated carbocycles. The summed E-state index contributed by atoms with van der Waals surface area (Å²) in [7, 11) is 0. The Morgan fingerprint density at radius 2 is 2.06 bits per heavy atom. The maximum atomic E-state index is 12.4. The molecule has 0 radical (unpaired) electrons. The van der Waals surface area contributed by atoms with Gasteiger partial charge in [0.1, 0.15) is 4.88 Å². The van der Waals surface area contributed by atoms with E-state index in [4.69, 9.17) is 11.6 Å². The van der Waals surface area contributed by atoms with Gasteiger partial charge in [-0.25, -0.2) is 0 Å². The van der Waals surface area contributed by atoms with Crippen LogP contribution in [0.25, 0.3) is 0 Å². The van der Waals surface area contributed by atoms with E-state index in [1.807, 2.05) is 10.3 Å². The minimum Gasteiger partial charge on any atom is -0.393 e. The molecule has 0 aromatic carbocycles. The number of hydrogen-bond acceptors (Lipinski definition) is 3. The molecule has 17 heavy (non-hydrogen) atoms. The first kappa shape index (κ1) is 11.5. The number of thiophene rings is 1. The van der Waals surface area contributed by atoms with Gasteiger partial charge in [0.2, 0.25) is 0 Å². The Kier molecular flexibility index (Phi) is 2.89. The zero-order valence-electron chi connectivity index (χ0n) is 9.30. The SMILES string of the molecule is O=C(c1sccc1Cl)N1C2CCC1CC(O)C2. The molecular weight excluding hydrogens is 258 g/mol. The zero-order valence-corrected chi connectivity index (χ0v) is 10.9. The lowest BCUT2D eigenvalue weighted by atomic mass is 10.00. The van der Waals surface area contributed by atoms with Crippen molar-refractivity contribution in [3.8, 4) is 0 Å². The smallest absolute Gasteiger partial charge is 0.265 e. The number of carbonyl (C=O) groups is 1. The minimum absolute atomic E-state index is 0.0457. The molecule has 5 heteroatoms. The number of nitrogens with zero attached hydrogens (tertiary/aromatic N) is 1. The molecule has 3 nitrogen and oxygen atoms in total. The molecule has 3 heterocycles. The molecule has 1 aromatic rings. The number of carbonyl (C=O) groups excluding carboxylic acids is 1. The Morgan fingerprint density at radius 3 is 2.59 bits per heavy atom. The summed E-state index contributed by atoms with van der Waals surface area (Å²) >= 11 is 7.41. The maximum Gasteiger partial charge on any atom is 0.265 e. The van der Waals surface area contributed by atoms with E-state index in [1.54, 1.807) is 6.07 Å². The fourth-order valence-corrected chi connectivity index (χ4v) is 4.12. The molecular formula is C12H14ClNO2S. The van der Waals surface area contributed by atoms with Gasteiger partial charge >= 0.3 is 0 Å².